The number of pyridine rings is 1. The molecule has 3 N–H and O–H groups in total. The summed E-state index contributed by atoms with van der Waals surface area (Å²) in [5.41, 5.74) is -0.388. The molecule has 1 aromatic heterocycles. The minimum Gasteiger partial charge on any atom is -0.496 e. The maximum absolute atomic E-state index is 14.5. The molecule has 2 saturated heterocycles. The van der Waals surface area contributed by atoms with Crippen molar-refractivity contribution in [3.63, 3.8) is 0 Å². The fourth-order valence-electron chi connectivity index (χ4n) is 8.23. The standard InChI is InChI=1S/C38H51N5O9S/c1-50-32-20-24-16-17-39-34-29(24)19-25(32)11-7-5-6-10-18-51-37(47)40-30-13-9-4-2-3-8-12-26-22-38(26,36(46)42-53(48,49)28-14-15-28)41-33(44)31-21-27(52-34)23-43(31)35(30)45/h16-17,19-20,26-28,30-31H,2-15,18,21-23H2,1H3,(H,40,47)(H,41,44)(H,42,46)/t26-,27-,30+,31+,38-/m1/s1. The first-order chi connectivity index (χ1) is 25.6. The van der Waals surface area contributed by atoms with Crippen molar-refractivity contribution in [3.8, 4) is 11.6 Å². The average Bonchev–Trinajstić information content (AvgIpc) is 4.06. The van der Waals surface area contributed by atoms with Gasteiger partial charge in [-0.05, 0) is 86.4 Å². The number of hydrogen-bond acceptors (Lipinski definition) is 10. The van der Waals surface area contributed by atoms with E-state index in [4.69, 9.17) is 14.2 Å². The highest BCUT2D eigenvalue weighted by Crippen LogP contribution is 2.48. The number of cyclic esters (lactones) is 1. The zero-order valence-corrected chi connectivity index (χ0v) is 31.2. The van der Waals surface area contributed by atoms with Crippen molar-refractivity contribution in [1.82, 2.24) is 25.2 Å². The second kappa shape index (κ2) is 15.7. The van der Waals surface area contributed by atoms with Crippen LogP contribution in [0.3, 0.4) is 0 Å². The smallest absolute Gasteiger partial charge is 0.407 e. The van der Waals surface area contributed by atoms with Gasteiger partial charge in [-0.3, -0.25) is 19.1 Å². The van der Waals surface area contributed by atoms with E-state index >= 15 is 0 Å². The second-order valence-electron chi connectivity index (χ2n) is 15.4. The number of ether oxygens (including phenoxy) is 3. The molecule has 2 aliphatic carbocycles. The number of nitrogens with zero attached hydrogens (tertiary/aromatic N) is 2. The number of sulfonamides is 1. The van der Waals surface area contributed by atoms with Crippen LogP contribution in [0.1, 0.15) is 102 Å². The number of fused-ring (bicyclic) bond motifs is 4. The topological polar surface area (TPSA) is 182 Å². The lowest BCUT2D eigenvalue weighted by atomic mass is 10.0. The van der Waals surface area contributed by atoms with Gasteiger partial charge in [0.05, 0.1) is 25.5 Å². The van der Waals surface area contributed by atoms with E-state index in [1.165, 1.54) is 4.90 Å². The normalized spacial score (nSPS) is 29.2. The molecule has 53 heavy (non-hydrogen) atoms. The third kappa shape index (κ3) is 8.34. The molecule has 2 saturated carbocycles. The highest BCUT2D eigenvalue weighted by molar-refractivity contribution is 7.91. The Balaban J connectivity index is 1.22. The van der Waals surface area contributed by atoms with Crippen LogP contribution >= 0.6 is 0 Å². The van der Waals surface area contributed by atoms with Crippen molar-refractivity contribution in [3.05, 3.63) is 30.0 Å². The molecule has 0 radical (unpaired) electrons. The molecule has 2 aromatic rings. The fraction of sp³-hybridized carbons (Fsp3) is 0.658. The van der Waals surface area contributed by atoms with Gasteiger partial charge in [0.25, 0.3) is 5.91 Å². The van der Waals surface area contributed by atoms with Crippen molar-refractivity contribution in [2.45, 2.75) is 132 Å². The first kappa shape index (κ1) is 37.2. The molecule has 4 fully saturated rings. The molecule has 5 bridgehead atoms. The number of methoxy groups -OCH3 is 1. The van der Waals surface area contributed by atoms with E-state index < -0.39 is 62.8 Å². The van der Waals surface area contributed by atoms with Gasteiger partial charge in [-0.2, -0.15) is 0 Å². The zero-order chi connectivity index (χ0) is 37.2. The largest absolute Gasteiger partial charge is 0.496 e. The number of rotatable bonds is 4. The predicted octanol–water partition coefficient (Wildman–Crippen LogP) is 4.03. The first-order valence-corrected chi connectivity index (χ1v) is 20.9. The Labute approximate surface area is 310 Å². The number of carbonyl (C=O) groups is 4. The number of aryl methyl sites for hydroxylation is 1. The van der Waals surface area contributed by atoms with E-state index in [9.17, 15) is 27.6 Å². The molecule has 7 rings (SSSR count). The summed E-state index contributed by atoms with van der Waals surface area (Å²) < 4.78 is 45.7. The molecular weight excluding hydrogens is 703 g/mol. The lowest BCUT2D eigenvalue weighted by Crippen LogP contribution is -2.58. The molecule has 5 aliphatic rings. The summed E-state index contributed by atoms with van der Waals surface area (Å²) in [6.07, 6.45) is 11.0. The minimum absolute atomic E-state index is 0.0317. The van der Waals surface area contributed by atoms with Crippen molar-refractivity contribution in [1.29, 1.82) is 0 Å². The van der Waals surface area contributed by atoms with Crippen molar-refractivity contribution < 1.29 is 41.8 Å². The summed E-state index contributed by atoms with van der Waals surface area (Å²) in [6, 6.07) is 3.88. The number of aromatic nitrogens is 1. The Hall–Kier alpha value is -4.14. The molecule has 0 spiro atoms. The molecule has 4 heterocycles. The Morgan fingerprint density at radius 3 is 2.55 bits per heavy atom. The Kier molecular flexibility index (Phi) is 11.0. The van der Waals surface area contributed by atoms with E-state index in [1.807, 2.05) is 18.2 Å². The third-order valence-electron chi connectivity index (χ3n) is 11.5. The van der Waals surface area contributed by atoms with Gasteiger partial charge >= 0.3 is 6.09 Å². The van der Waals surface area contributed by atoms with Gasteiger partial charge in [-0.25, -0.2) is 18.2 Å². The lowest BCUT2D eigenvalue weighted by molar-refractivity contribution is -0.141. The van der Waals surface area contributed by atoms with Gasteiger partial charge in [0.1, 0.15) is 29.5 Å². The Morgan fingerprint density at radius 1 is 1.00 bits per heavy atom. The van der Waals surface area contributed by atoms with Crippen LogP contribution in [0.15, 0.2) is 24.4 Å². The summed E-state index contributed by atoms with van der Waals surface area (Å²) in [4.78, 5) is 61.6. The molecule has 288 valence electrons. The summed E-state index contributed by atoms with van der Waals surface area (Å²) in [5.74, 6) is -0.834. The molecule has 15 heteroatoms. The van der Waals surface area contributed by atoms with Gasteiger partial charge < -0.3 is 29.7 Å². The highest BCUT2D eigenvalue weighted by atomic mass is 32.2. The van der Waals surface area contributed by atoms with Gasteiger partial charge in [-0.1, -0.05) is 44.9 Å². The molecule has 3 aliphatic heterocycles. The summed E-state index contributed by atoms with van der Waals surface area (Å²) in [5, 5.41) is 6.80. The van der Waals surface area contributed by atoms with Crippen LogP contribution in [0.4, 0.5) is 4.79 Å². The maximum Gasteiger partial charge on any atom is 0.407 e. The van der Waals surface area contributed by atoms with E-state index in [-0.39, 0.29) is 25.5 Å². The van der Waals surface area contributed by atoms with Crippen LogP contribution in [-0.2, 0) is 35.6 Å². The molecule has 1 aromatic carbocycles. The molecular formula is C38H51N5O9S. The Morgan fingerprint density at radius 2 is 1.75 bits per heavy atom. The van der Waals surface area contributed by atoms with Crippen LogP contribution in [0, 0.1) is 5.92 Å². The van der Waals surface area contributed by atoms with Crippen molar-refractivity contribution in [2.24, 2.45) is 5.92 Å². The number of amides is 4. The highest BCUT2D eigenvalue weighted by Gasteiger charge is 2.62. The quantitative estimate of drug-likeness (QED) is 0.412. The van der Waals surface area contributed by atoms with E-state index in [1.54, 1.807) is 13.3 Å². The zero-order valence-electron chi connectivity index (χ0n) is 30.4. The van der Waals surface area contributed by atoms with Crippen LogP contribution in [0.25, 0.3) is 10.8 Å². The SMILES string of the molecule is COc1cc2ccnc3c2cc1CCCCCCOC(=O)N[C@H]1CCCCCCC[C@@H]2C[C@@]2(C(=O)NS(=O)(=O)C2CC2)NC(=O)[C@@H]2C[C@H](CN2C1=O)O3. The summed E-state index contributed by atoms with van der Waals surface area (Å²) in [6.45, 7) is 0.247. The fourth-order valence-corrected chi connectivity index (χ4v) is 9.59. The number of carbonyl (C=O) groups excluding carboxylic acids is 4. The van der Waals surface area contributed by atoms with E-state index in [2.05, 4.69) is 20.3 Å². The van der Waals surface area contributed by atoms with E-state index in [0.29, 0.717) is 50.8 Å². The van der Waals surface area contributed by atoms with Crippen LogP contribution in [0.5, 0.6) is 11.6 Å². The van der Waals surface area contributed by atoms with Crippen LogP contribution < -0.4 is 24.8 Å². The van der Waals surface area contributed by atoms with Gasteiger partial charge in [0.15, 0.2) is 0 Å². The average molecular weight is 754 g/mol. The van der Waals surface area contributed by atoms with Crippen molar-refractivity contribution in [2.75, 3.05) is 20.3 Å². The van der Waals surface area contributed by atoms with Gasteiger partial charge in [0.2, 0.25) is 27.7 Å². The molecule has 4 amide bonds. The maximum atomic E-state index is 14.5. The molecule has 5 atom stereocenters. The monoisotopic (exact) mass is 753 g/mol. The predicted molar refractivity (Wildman–Crippen MR) is 195 cm³/mol. The third-order valence-corrected chi connectivity index (χ3v) is 13.3. The number of nitrogens with one attached hydrogen (secondary N) is 3. The number of alkyl carbamates (subject to hydrolysis) is 1. The van der Waals surface area contributed by atoms with E-state index in [0.717, 1.165) is 73.5 Å². The van der Waals surface area contributed by atoms with Crippen LogP contribution in [0.2, 0.25) is 0 Å². The number of hydrogen-bond donors (Lipinski definition) is 3. The summed E-state index contributed by atoms with van der Waals surface area (Å²) in [7, 11) is -2.21. The molecule has 0 unspecified atom stereocenters. The van der Waals surface area contributed by atoms with Gasteiger partial charge in [-0.15, -0.1) is 0 Å². The molecule has 14 nitrogen and oxygen atoms in total. The first-order valence-electron chi connectivity index (χ1n) is 19.3. The van der Waals surface area contributed by atoms with Crippen LogP contribution in [-0.4, -0.2) is 91.4 Å². The second-order valence-corrected chi connectivity index (χ2v) is 17.3. The summed E-state index contributed by atoms with van der Waals surface area (Å²) >= 11 is 0. The number of benzene rings is 1. The lowest BCUT2D eigenvalue weighted by Gasteiger charge is -2.29. The minimum atomic E-state index is -3.85. The van der Waals surface area contributed by atoms with Gasteiger partial charge in [0, 0.05) is 18.0 Å². The Bertz CT molecular complexity index is 1840. The van der Waals surface area contributed by atoms with Crippen molar-refractivity contribution >= 4 is 44.6 Å².